The highest BCUT2D eigenvalue weighted by atomic mass is 19.3. The van der Waals surface area contributed by atoms with E-state index in [4.69, 9.17) is 0 Å². The van der Waals surface area contributed by atoms with Crippen molar-refractivity contribution in [1.82, 2.24) is 9.88 Å². The maximum absolute atomic E-state index is 14.5. The van der Waals surface area contributed by atoms with Crippen LogP contribution in [-0.4, -0.2) is 40.7 Å². The second-order valence-electron chi connectivity index (χ2n) is 8.41. The zero-order chi connectivity index (χ0) is 24.5. The maximum atomic E-state index is 14.5. The third-order valence-corrected chi connectivity index (χ3v) is 5.53. The van der Waals surface area contributed by atoms with Crippen molar-refractivity contribution in [1.29, 1.82) is 0 Å². The summed E-state index contributed by atoms with van der Waals surface area (Å²) >= 11 is 0. The van der Waals surface area contributed by atoms with Crippen LogP contribution in [0.1, 0.15) is 22.3 Å². The van der Waals surface area contributed by atoms with Crippen LogP contribution in [0.4, 0.5) is 23.2 Å². The van der Waals surface area contributed by atoms with E-state index in [-0.39, 0.29) is 17.8 Å². The van der Waals surface area contributed by atoms with Gasteiger partial charge in [0, 0.05) is 36.6 Å². The number of nitrogens with one attached hydrogen (secondary N) is 1. The number of likely N-dealkylation sites (tertiary alicyclic amines) is 1. The highest BCUT2D eigenvalue weighted by Crippen LogP contribution is 2.33. The zero-order valence-corrected chi connectivity index (χ0v) is 18.2. The Labute approximate surface area is 193 Å². The molecule has 2 heterocycles. The van der Waals surface area contributed by atoms with Crippen LogP contribution in [0.5, 0.6) is 0 Å². The molecule has 0 bridgehead atoms. The van der Waals surface area contributed by atoms with Gasteiger partial charge in [0.25, 0.3) is 11.8 Å². The summed E-state index contributed by atoms with van der Waals surface area (Å²) in [6.07, 6.45) is 2.26. The van der Waals surface area contributed by atoms with E-state index in [1.54, 1.807) is 19.1 Å². The van der Waals surface area contributed by atoms with Gasteiger partial charge >= 0.3 is 0 Å². The molecule has 9 heteroatoms. The topological polar surface area (TPSA) is 62.3 Å². The Morgan fingerprint density at radius 1 is 1.00 bits per heavy atom. The molecule has 1 saturated heterocycles. The summed E-state index contributed by atoms with van der Waals surface area (Å²) in [7, 11) is 0. The molecule has 1 aliphatic rings. The molecular weight excluding hydrogens is 450 g/mol. The van der Waals surface area contributed by atoms with E-state index in [1.165, 1.54) is 36.7 Å². The van der Waals surface area contributed by atoms with Gasteiger partial charge in [0.15, 0.2) is 0 Å². The Balaban J connectivity index is 1.56. The van der Waals surface area contributed by atoms with Crippen LogP contribution in [-0.2, 0) is 4.79 Å². The number of rotatable bonds is 4. The molecular formula is C25H21F4N3O2. The number of alkyl halides is 2. The number of amides is 2. The standard InChI is InChI=1S/C25H21F4N3O2/c1-15-6-20(26)11-22(7-15)31-23(33)19-12-25(28,29)14-32(13-19)24(34)18-8-17(9-21(27)10-18)16-2-4-30-5-3-16/h2-11,19H,12-14H2,1H3,(H,31,33). The first-order chi connectivity index (χ1) is 16.1. The number of pyridine rings is 1. The van der Waals surface area contributed by atoms with Crippen molar-refractivity contribution in [3.63, 3.8) is 0 Å². The maximum Gasteiger partial charge on any atom is 0.266 e. The zero-order valence-electron chi connectivity index (χ0n) is 18.2. The summed E-state index contributed by atoms with van der Waals surface area (Å²) in [5, 5.41) is 2.45. The third kappa shape index (κ3) is 5.41. The fourth-order valence-electron chi connectivity index (χ4n) is 4.09. The molecule has 34 heavy (non-hydrogen) atoms. The van der Waals surface area contributed by atoms with E-state index in [0.29, 0.717) is 16.7 Å². The van der Waals surface area contributed by atoms with Crippen LogP contribution < -0.4 is 5.32 Å². The van der Waals surface area contributed by atoms with Crippen LogP contribution in [0.25, 0.3) is 11.1 Å². The van der Waals surface area contributed by atoms with Gasteiger partial charge in [-0.2, -0.15) is 0 Å². The first-order valence-electron chi connectivity index (χ1n) is 10.6. The van der Waals surface area contributed by atoms with Crippen LogP contribution in [0.2, 0.25) is 0 Å². The largest absolute Gasteiger partial charge is 0.332 e. The molecule has 2 aromatic carbocycles. The number of halogens is 4. The lowest BCUT2D eigenvalue weighted by atomic mass is 9.93. The van der Waals surface area contributed by atoms with Crippen molar-refractivity contribution in [2.45, 2.75) is 19.3 Å². The monoisotopic (exact) mass is 471 g/mol. The molecule has 0 aliphatic carbocycles. The van der Waals surface area contributed by atoms with E-state index >= 15 is 0 Å². The minimum absolute atomic E-state index is 0.107. The van der Waals surface area contributed by atoms with Crippen LogP contribution in [0.3, 0.4) is 0 Å². The summed E-state index contributed by atoms with van der Waals surface area (Å²) < 4.78 is 56.9. The predicted molar refractivity (Wildman–Crippen MR) is 118 cm³/mol. The van der Waals surface area contributed by atoms with Gasteiger partial charge in [-0.3, -0.25) is 14.6 Å². The Morgan fingerprint density at radius 2 is 1.71 bits per heavy atom. The molecule has 4 rings (SSSR count). The Morgan fingerprint density at radius 3 is 2.41 bits per heavy atom. The van der Waals surface area contributed by atoms with Gasteiger partial charge in [-0.1, -0.05) is 0 Å². The summed E-state index contributed by atoms with van der Waals surface area (Å²) in [6, 6.07) is 10.8. The molecule has 0 saturated carbocycles. The molecule has 1 fully saturated rings. The Bertz CT molecular complexity index is 1210. The average molecular weight is 471 g/mol. The van der Waals surface area contributed by atoms with Gasteiger partial charge in [0.2, 0.25) is 5.91 Å². The first kappa shape index (κ1) is 23.4. The van der Waals surface area contributed by atoms with E-state index in [0.717, 1.165) is 17.0 Å². The molecule has 1 N–H and O–H groups in total. The lowest BCUT2D eigenvalue weighted by molar-refractivity contribution is -0.130. The molecule has 1 unspecified atom stereocenters. The fraction of sp³-hybridized carbons (Fsp3) is 0.240. The first-order valence-corrected chi connectivity index (χ1v) is 10.6. The molecule has 3 aromatic rings. The number of carbonyl (C=O) groups excluding carboxylic acids is 2. The number of anilines is 1. The highest BCUT2D eigenvalue weighted by molar-refractivity contribution is 5.97. The molecule has 1 aliphatic heterocycles. The van der Waals surface area contributed by atoms with Crippen LogP contribution in [0, 0.1) is 24.5 Å². The van der Waals surface area contributed by atoms with E-state index < -0.39 is 48.3 Å². The molecule has 176 valence electrons. The van der Waals surface area contributed by atoms with Crippen LogP contribution in [0.15, 0.2) is 60.9 Å². The predicted octanol–water partition coefficient (Wildman–Crippen LogP) is 5.07. The van der Waals surface area contributed by atoms with Gasteiger partial charge < -0.3 is 10.2 Å². The summed E-state index contributed by atoms with van der Waals surface area (Å²) in [4.78, 5) is 30.5. The van der Waals surface area contributed by atoms with E-state index in [2.05, 4.69) is 10.3 Å². The lowest BCUT2D eigenvalue weighted by Gasteiger charge is -2.37. The molecule has 5 nitrogen and oxygen atoms in total. The van der Waals surface area contributed by atoms with Crippen molar-refractivity contribution < 1.29 is 27.2 Å². The minimum Gasteiger partial charge on any atom is -0.332 e. The quantitative estimate of drug-likeness (QED) is 0.541. The molecule has 0 radical (unpaired) electrons. The van der Waals surface area contributed by atoms with Gasteiger partial charge in [-0.15, -0.1) is 0 Å². The average Bonchev–Trinajstić information content (AvgIpc) is 2.77. The molecule has 0 spiro atoms. The van der Waals surface area contributed by atoms with Gasteiger partial charge in [-0.05, 0) is 72.1 Å². The highest BCUT2D eigenvalue weighted by Gasteiger charge is 2.44. The summed E-state index contributed by atoms with van der Waals surface area (Å²) in [5.41, 5.74) is 1.59. The third-order valence-electron chi connectivity index (χ3n) is 5.53. The Hall–Kier alpha value is -3.75. The normalized spacial score (nSPS) is 17.3. The van der Waals surface area contributed by atoms with Crippen molar-refractivity contribution in [3.05, 3.63) is 83.7 Å². The van der Waals surface area contributed by atoms with Gasteiger partial charge in [0.1, 0.15) is 11.6 Å². The second-order valence-corrected chi connectivity index (χ2v) is 8.41. The fourth-order valence-corrected chi connectivity index (χ4v) is 4.09. The molecule has 2 amide bonds. The second kappa shape index (κ2) is 9.24. The van der Waals surface area contributed by atoms with Gasteiger partial charge in [-0.25, -0.2) is 17.6 Å². The van der Waals surface area contributed by atoms with E-state index in [1.807, 2.05) is 0 Å². The number of hydrogen-bond donors (Lipinski definition) is 1. The number of piperidine rings is 1. The van der Waals surface area contributed by atoms with Crippen molar-refractivity contribution in [3.8, 4) is 11.1 Å². The van der Waals surface area contributed by atoms with Crippen molar-refractivity contribution >= 4 is 17.5 Å². The van der Waals surface area contributed by atoms with Crippen molar-refractivity contribution in [2.75, 3.05) is 18.4 Å². The number of aromatic nitrogens is 1. The van der Waals surface area contributed by atoms with Gasteiger partial charge in [0.05, 0.1) is 12.5 Å². The number of benzene rings is 2. The van der Waals surface area contributed by atoms with E-state index in [9.17, 15) is 27.2 Å². The molecule has 1 aromatic heterocycles. The summed E-state index contributed by atoms with van der Waals surface area (Å²) in [5.74, 6) is -7.39. The lowest BCUT2D eigenvalue weighted by Crippen LogP contribution is -2.52. The molecule has 1 atom stereocenters. The number of aryl methyl sites for hydroxylation is 1. The SMILES string of the molecule is Cc1cc(F)cc(NC(=O)C2CN(C(=O)c3cc(F)cc(-c4ccncc4)c3)CC(F)(F)C2)c1. The Kier molecular flexibility index (Phi) is 6.37. The van der Waals surface area contributed by atoms with Crippen molar-refractivity contribution in [2.24, 2.45) is 5.92 Å². The summed E-state index contributed by atoms with van der Waals surface area (Å²) in [6.45, 7) is 0.457. The number of carbonyl (C=O) groups is 2. The smallest absolute Gasteiger partial charge is 0.266 e. The number of nitrogens with zero attached hydrogens (tertiary/aromatic N) is 2. The number of hydrogen-bond acceptors (Lipinski definition) is 3. The van der Waals surface area contributed by atoms with Crippen LogP contribution >= 0.6 is 0 Å². The minimum atomic E-state index is -3.32.